The highest BCUT2D eigenvalue weighted by Gasteiger charge is 2.37. The topological polar surface area (TPSA) is 97.7 Å². The van der Waals surface area contributed by atoms with Gasteiger partial charge in [-0.25, -0.2) is 14.5 Å². The van der Waals surface area contributed by atoms with E-state index in [1.165, 1.54) is 6.08 Å². The summed E-state index contributed by atoms with van der Waals surface area (Å²) in [6, 6.07) is 15.0. The van der Waals surface area contributed by atoms with Gasteiger partial charge in [-0.3, -0.25) is 14.9 Å². The van der Waals surface area contributed by atoms with Crippen LogP contribution in [0.5, 0.6) is 0 Å². The Morgan fingerprint density at radius 2 is 1.69 bits per heavy atom. The monoisotopic (exact) mass is 471 g/mol. The molecular formula is C27H25N3O5. The largest absolute Gasteiger partial charge is 0.462 e. The molecule has 1 fully saturated rings. The van der Waals surface area contributed by atoms with E-state index in [1.54, 1.807) is 49.4 Å². The maximum atomic E-state index is 13.2. The van der Waals surface area contributed by atoms with Gasteiger partial charge in [-0.2, -0.15) is 0 Å². The number of benzene rings is 2. The quantitative estimate of drug-likeness (QED) is 0.341. The highest BCUT2D eigenvalue weighted by atomic mass is 16.5. The lowest BCUT2D eigenvalue weighted by Gasteiger charge is -2.26. The van der Waals surface area contributed by atoms with Crippen molar-refractivity contribution in [2.24, 2.45) is 0 Å². The van der Waals surface area contributed by atoms with Crippen LogP contribution in [-0.4, -0.2) is 35.0 Å². The van der Waals surface area contributed by atoms with Crippen LogP contribution in [0.15, 0.2) is 60.2 Å². The fourth-order valence-corrected chi connectivity index (χ4v) is 4.11. The molecule has 0 aliphatic carbocycles. The lowest BCUT2D eigenvalue weighted by atomic mass is 10.1. The number of hydrogen-bond acceptors (Lipinski definition) is 5. The normalized spacial score (nSPS) is 14.9. The number of barbiturate groups is 1. The van der Waals surface area contributed by atoms with Gasteiger partial charge >= 0.3 is 12.0 Å². The van der Waals surface area contributed by atoms with Crippen molar-refractivity contribution in [1.82, 2.24) is 9.88 Å². The minimum absolute atomic E-state index is 0.135. The molecule has 8 nitrogen and oxygen atoms in total. The molecule has 3 aromatic rings. The molecule has 0 saturated carbocycles. The van der Waals surface area contributed by atoms with Gasteiger partial charge in [-0.1, -0.05) is 12.1 Å². The Kier molecular flexibility index (Phi) is 6.38. The van der Waals surface area contributed by atoms with E-state index >= 15 is 0 Å². The predicted molar refractivity (Wildman–Crippen MR) is 131 cm³/mol. The molecule has 0 spiro atoms. The lowest BCUT2D eigenvalue weighted by molar-refractivity contribution is -0.122. The number of ether oxygens (including phenoxy) is 1. The van der Waals surface area contributed by atoms with Crippen molar-refractivity contribution in [3.8, 4) is 5.69 Å². The number of imide groups is 2. The van der Waals surface area contributed by atoms with Crippen molar-refractivity contribution < 1.29 is 23.9 Å². The van der Waals surface area contributed by atoms with Crippen LogP contribution >= 0.6 is 0 Å². The summed E-state index contributed by atoms with van der Waals surface area (Å²) in [7, 11) is 0. The van der Waals surface area contributed by atoms with Crippen LogP contribution in [0.25, 0.3) is 11.8 Å². The Hall–Kier alpha value is -4.46. The van der Waals surface area contributed by atoms with E-state index in [2.05, 4.69) is 5.32 Å². The van der Waals surface area contributed by atoms with Crippen molar-refractivity contribution in [3.05, 3.63) is 88.2 Å². The summed E-state index contributed by atoms with van der Waals surface area (Å²) >= 11 is 0. The molecule has 2 aromatic carbocycles. The molecule has 1 aliphatic rings. The summed E-state index contributed by atoms with van der Waals surface area (Å²) in [4.78, 5) is 51.2. The second-order valence-corrected chi connectivity index (χ2v) is 8.23. The number of carbonyl (C=O) groups excluding carboxylic acids is 4. The number of nitrogens with zero attached hydrogens (tertiary/aromatic N) is 2. The number of rotatable bonds is 5. The van der Waals surface area contributed by atoms with Crippen LogP contribution in [-0.2, 0) is 14.3 Å². The first-order chi connectivity index (χ1) is 16.7. The maximum Gasteiger partial charge on any atom is 0.338 e. The molecule has 1 saturated heterocycles. The van der Waals surface area contributed by atoms with Gasteiger partial charge in [0.1, 0.15) is 5.57 Å². The van der Waals surface area contributed by atoms with Crippen LogP contribution in [0.2, 0.25) is 0 Å². The van der Waals surface area contributed by atoms with Gasteiger partial charge < -0.3 is 9.30 Å². The van der Waals surface area contributed by atoms with E-state index < -0.39 is 17.8 Å². The number of hydrogen-bond donors (Lipinski definition) is 1. The third-order valence-corrected chi connectivity index (χ3v) is 5.77. The summed E-state index contributed by atoms with van der Waals surface area (Å²) in [5.74, 6) is -1.82. The number of aryl methyl sites for hydroxylation is 2. The molecule has 4 amide bonds. The molecule has 1 N–H and O–H groups in total. The van der Waals surface area contributed by atoms with Crippen molar-refractivity contribution in [3.63, 3.8) is 0 Å². The molecule has 8 heteroatoms. The molecule has 178 valence electrons. The molecule has 1 aliphatic heterocycles. The van der Waals surface area contributed by atoms with Crippen molar-refractivity contribution in [2.75, 3.05) is 11.5 Å². The van der Waals surface area contributed by atoms with Gasteiger partial charge in [0.25, 0.3) is 11.8 Å². The fourth-order valence-electron chi connectivity index (χ4n) is 4.11. The van der Waals surface area contributed by atoms with E-state index in [-0.39, 0.29) is 11.5 Å². The Balaban J connectivity index is 1.70. The maximum absolute atomic E-state index is 13.2. The van der Waals surface area contributed by atoms with Crippen LogP contribution in [0.3, 0.4) is 0 Å². The lowest BCUT2D eigenvalue weighted by Crippen LogP contribution is -2.54. The zero-order valence-electron chi connectivity index (χ0n) is 19.9. The van der Waals surface area contributed by atoms with E-state index in [4.69, 9.17) is 4.74 Å². The summed E-state index contributed by atoms with van der Waals surface area (Å²) in [6.07, 6.45) is 1.50. The minimum atomic E-state index is -0.782. The Labute approximate surface area is 202 Å². The van der Waals surface area contributed by atoms with Crippen molar-refractivity contribution in [2.45, 2.75) is 27.7 Å². The highest BCUT2D eigenvalue weighted by Crippen LogP contribution is 2.26. The molecule has 1 aromatic heterocycles. The average molecular weight is 472 g/mol. The van der Waals surface area contributed by atoms with Gasteiger partial charge in [0.15, 0.2) is 0 Å². The third kappa shape index (κ3) is 4.50. The smallest absolute Gasteiger partial charge is 0.338 e. The van der Waals surface area contributed by atoms with Crippen LogP contribution in [0.4, 0.5) is 10.5 Å². The number of nitrogens with one attached hydrogen (secondary N) is 1. The first-order valence-corrected chi connectivity index (χ1v) is 11.2. The number of anilines is 1. The number of urea groups is 1. The van der Waals surface area contributed by atoms with Crippen molar-refractivity contribution >= 4 is 35.6 Å². The molecule has 0 radical (unpaired) electrons. The first-order valence-electron chi connectivity index (χ1n) is 11.2. The van der Waals surface area contributed by atoms with Gasteiger partial charge in [0.05, 0.1) is 17.9 Å². The SMILES string of the molecule is CCOC(=O)c1ccc(-n2c(C)cc(/C=C3\C(=O)NC(=O)N(c4cccc(C)c4)C3=O)c2C)cc1. The molecule has 0 bridgehead atoms. The summed E-state index contributed by atoms with van der Waals surface area (Å²) in [6.45, 7) is 7.68. The molecule has 0 unspecified atom stereocenters. The predicted octanol–water partition coefficient (Wildman–Crippen LogP) is 4.25. The summed E-state index contributed by atoms with van der Waals surface area (Å²) in [5, 5.41) is 2.26. The van der Waals surface area contributed by atoms with Crippen molar-refractivity contribution in [1.29, 1.82) is 0 Å². The standard InChI is InChI=1S/C27H25N3O5/c1-5-35-26(33)19-9-11-21(12-10-19)29-17(3)14-20(18(29)4)15-23-24(31)28-27(34)30(25(23)32)22-8-6-7-16(2)13-22/h6-15H,5H2,1-4H3,(H,28,31,34)/b23-15+. The molecule has 0 atom stereocenters. The van der Waals surface area contributed by atoms with E-state index in [0.717, 1.165) is 27.5 Å². The second kappa shape index (κ2) is 9.42. The number of aromatic nitrogens is 1. The minimum Gasteiger partial charge on any atom is -0.462 e. The van der Waals surface area contributed by atoms with Crippen LogP contribution < -0.4 is 10.2 Å². The van der Waals surface area contributed by atoms with Gasteiger partial charge in [-0.05, 0) is 87.4 Å². The average Bonchev–Trinajstić information content (AvgIpc) is 3.09. The van der Waals surface area contributed by atoms with Gasteiger partial charge in [0.2, 0.25) is 0 Å². The highest BCUT2D eigenvalue weighted by molar-refractivity contribution is 6.39. The number of esters is 1. The van der Waals surface area contributed by atoms with E-state index in [0.29, 0.717) is 23.4 Å². The van der Waals surface area contributed by atoms with E-state index in [9.17, 15) is 19.2 Å². The molecular weight excluding hydrogens is 446 g/mol. The second-order valence-electron chi connectivity index (χ2n) is 8.23. The number of carbonyl (C=O) groups is 4. The molecule has 4 rings (SSSR count). The Morgan fingerprint density at radius 3 is 2.34 bits per heavy atom. The summed E-state index contributed by atoms with van der Waals surface area (Å²) in [5.41, 5.74) is 4.71. The Morgan fingerprint density at radius 1 is 0.971 bits per heavy atom. The van der Waals surface area contributed by atoms with Gasteiger partial charge in [-0.15, -0.1) is 0 Å². The zero-order valence-corrected chi connectivity index (χ0v) is 19.9. The number of amides is 4. The summed E-state index contributed by atoms with van der Waals surface area (Å²) < 4.78 is 6.99. The fraction of sp³-hybridized carbons (Fsp3) is 0.185. The van der Waals surface area contributed by atoms with Crippen LogP contribution in [0.1, 0.15) is 39.8 Å². The molecule has 2 heterocycles. The zero-order chi connectivity index (χ0) is 25.3. The Bertz CT molecular complexity index is 1380. The molecule has 35 heavy (non-hydrogen) atoms. The van der Waals surface area contributed by atoms with Gasteiger partial charge in [0, 0.05) is 17.1 Å². The third-order valence-electron chi connectivity index (χ3n) is 5.77. The van der Waals surface area contributed by atoms with Crippen LogP contribution in [0, 0.1) is 20.8 Å². The van der Waals surface area contributed by atoms with E-state index in [1.807, 2.05) is 37.5 Å². The first kappa shape index (κ1) is 23.7.